The van der Waals surface area contributed by atoms with Crippen molar-refractivity contribution in [2.45, 2.75) is 6.92 Å². The number of nitrogens with one attached hydrogen (secondary N) is 2. The quantitative estimate of drug-likeness (QED) is 0.733. The fourth-order valence-electron chi connectivity index (χ4n) is 2.97. The van der Waals surface area contributed by atoms with E-state index in [9.17, 15) is 0 Å². The van der Waals surface area contributed by atoms with Gasteiger partial charge in [0.2, 0.25) is 5.65 Å². The number of halogens is 2. The minimum absolute atomic E-state index is 0.482. The van der Waals surface area contributed by atoms with Gasteiger partial charge in [0.25, 0.3) is 0 Å². The molecule has 1 aliphatic rings. The maximum Gasteiger partial charge on any atom is 0.202 e. The minimum Gasteiger partial charge on any atom is -0.352 e. The van der Waals surface area contributed by atoms with Gasteiger partial charge in [-0.05, 0) is 13.0 Å². The van der Waals surface area contributed by atoms with Gasteiger partial charge in [-0.2, -0.15) is 5.10 Å². The molecule has 24 heavy (non-hydrogen) atoms. The number of aromatic nitrogens is 4. The average molecular weight is 363 g/mol. The van der Waals surface area contributed by atoms with Crippen LogP contribution in [-0.2, 0) is 0 Å². The first-order valence-electron chi connectivity index (χ1n) is 7.78. The number of hydrogen-bond acceptors (Lipinski definition) is 5. The van der Waals surface area contributed by atoms with Crippen molar-refractivity contribution in [1.82, 2.24) is 25.5 Å². The van der Waals surface area contributed by atoms with Crippen LogP contribution in [0.25, 0.3) is 22.4 Å². The van der Waals surface area contributed by atoms with Gasteiger partial charge in [-0.25, -0.2) is 9.97 Å². The van der Waals surface area contributed by atoms with Crippen molar-refractivity contribution < 1.29 is 0 Å². The lowest BCUT2D eigenvalue weighted by molar-refractivity contribution is 0.583. The normalized spacial score (nSPS) is 15.2. The second kappa shape index (κ2) is 6.20. The van der Waals surface area contributed by atoms with Crippen LogP contribution >= 0.6 is 23.2 Å². The number of benzene rings is 1. The smallest absolute Gasteiger partial charge is 0.202 e. The zero-order chi connectivity index (χ0) is 16.7. The van der Waals surface area contributed by atoms with Crippen LogP contribution in [0.5, 0.6) is 0 Å². The third-order valence-corrected chi connectivity index (χ3v) is 4.99. The summed E-state index contributed by atoms with van der Waals surface area (Å²) in [6.07, 6.45) is 0. The first-order chi connectivity index (χ1) is 11.6. The Kier molecular flexibility index (Phi) is 4.04. The van der Waals surface area contributed by atoms with E-state index in [1.807, 2.05) is 19.1 Å². The molecule has 1 saturated heterocycles. The third kappa shape index (κ3) is 2.60. The van der Waals surface area contributed by atoms with Gasteiger partial charge in [-0.1, -0.05) is 35.3 Å². The van der Waals surface area contributed by atoms with Gasteiger partial charge in [-0.15, -0.1) is 0 Å². The highest BCUT2D eigenvalue weighted by molar-refractivity contribution is 6.43. The number of rotatable bonds is 2. The second-order valence-corrected chi connectivity index (χ2v) is 6.53. The van der Waals surface area contributed by atoms with Gasteiger partial charge in [0.05, 0.1) is 21.4 Å². The molecule has 0 aliphatic carbocycles. The lowest BCUT2D eigenvalue weighted by Crippen LogP contribution is -2.44. The lowest BCUT2D eigenvalue weighted by Gasteiger charge is -2.29. The van der Waals surface area contributed by atoms with Crippen molar-refractivity contribution in [3.05, 3.63) is 33.9 Å². The van der Waals surface area contributed by atoms with Crippen molar-refractivity contribution in [2.75, 3.05) is 31.1 Å². The maximum absolute atomic E-state index is 6.33. The zero-order valence-corrected chi connectivity index (χ0v) is 14.6. The summed E-state index contributed by atoms with van der Waals surface area (Å²) in [5.74, 6) is 0.888. The van der Waals surface area contributed by atoms with E-state index in [0.29, 0.717) is 21.2 Å². The standard InChI is InChI=1S/C16H16Cl2N6/c1-9-16(24-7-5-19-6-8-24)21-15-14(20-9)13(22-23-15)10-3-2-4-11(17)12(10)18/h2-4,19H,5-8H2,1H3,(H,21,22,23). The molecular formula is C16H16Cl2N6. The molecule has 0 saturated carbocycles. The number of hydrogen-bond donors (Lipinski definition) is 2. The number of aryl methyl sites for hydroxylation is 1. The molecule has 1 aliphatic heterocycles. The summed E-state index contributed by atoms with van der Waals surface area (Å²) in [5.41, 5.74) is 3.68. The van der Waals surface area contributed by atoms with Crippen molar-refractivity contribution >= 4 is 40.2 Å². The number of nitrogens with zero attached hydrogens (tertiary/aromatic N) is 4. The molecule has 0 spiro atoms. The maximum atomic E-state index is 6.33. The topological polar surface area (TPSA) is 69.7 Å². The largest absolute Gasteiger partial charge is 0.352 e. The Hall–Kier alpha value is -1.89. The Bertz CT molecular complexity index is 901. The molecule has 0 radical (unpaired) electrons. The number of anilines is 1. The van der Waals surface area contributed by atoms with E-state index in [4.69, 9.17) is 33.2 Å². The van der Waals surface area contributed by atoms with Crippen LogP contribution in [0.4, 0.5) is 5.82 Å². The fourth-order valence-corrected chi connectivity index (χ4v) is 3.37. The molecule has 8 heteroatoms. The third-order valence-electron chi connectivity index (χ3n) is 4.17. The summed E-state index contributed by atoms with van der Waals surface area (Å²) >= 11 is 12.5. The van der Waals surface area contributed by atoms with Crippen LogP contribution in [0.15, 0.2) is 18.2 Å². The summed E-state index contributed by atoms with van der Waals surface area (Å²) in [6, 6.07) is 5.50. The van der Waals surface area contributed by atoms with Gasteiger partial charge in [0.1, 0.15) is 5.52 Å². The highest BCUT2D eigenvalue weighted by atomic mass is 35.5. The molecule has 0 amide bonds. The minimum atomic E-state index is 0.482. The number of H-pyrrole nitrogens is 1. The average Bonchev–Trinajstić information content (AvgIpc) is 3.00. The first-order valence-corrected chi connectivity index (χ1v) is 8.53. The lowest BCUT2D eigenvalue weighted by atomic mass is 10.1. The van der Waals surface area contributed by atoms with Crippen LogP contribution < -0.4 is 10.2 Å². The summed E-state index contributed by atoms with van der Waals surface area (Å²) in [4.78, 5) is 11.7. The molecular weight excluding hydrogens is 347 g/mol. The van der Waals surface area contributed by atoms with Gasteiger partial charge in [0.15, 0.2) is 5.82 Å². The van der Waals surface area contributed by atoms with E-state index < -0.39 is 0 Å². The van der Waals surface area contributed by atoms with E-state index in [-0.39, 0.29) is 0 Å². The van der Waals surface area contributed by atoms with Crippen LogP contribution in [-0.4, -0.2) is 46.3 Å². The summed E-state index contributed by atoms with van der Waals surface area (Å²) in [7, 11) is 0. The highest BCUT2D eigenvalue weighted by Crippen LogP contribution is 2.35. The summed E-state index contributed by atoms with van der Waals surface area (Å²) in [5, 5.41) is 11.6. The van der Waals surface area contributed by atoms with Crippen molar-refractivity contribution in [3.63, 3.8) is 0 Å². The van der Waals surface area contributed by atoms with E-state index in [1.165, 1.54) is 0 Å². The fraction of sp³-hybridized carbons (Fsp3) is 0.312. The SMILES string of the molecule is Cc1nc2c(-c3cccc(Cl)c3Cl)[nH]nc2nc1N1CCNCC1. The molecule has 1 fully saturated rings. The number of aromatic amines is 1. The van der Waals surface area contributed by atoms with E-state index in [0.717, 1.165) is 48.9 Å². The number of fused-ring (bicyclic) bond motifs is 1. The Morgan fingerprint density at radius 2 is 1.92 bits per heavy atom. The van der Waals surface area contributed by atoms with E-state index in [1.54, 1.807) is 6.07 Å². The molecule has 3 heterocycles. The molecule has 124 valence electrons. The second-order valence-electron chi connectivity index (χ2n) is 5.74. The zero-order valence-electron chi connectivity index (χ0n) is 13.1. The molecule has 3 aromatic rings. The summed E-state index contributed by atoms with van der Waals surface area (Å²) in [6.45, 7) is 5.70. The Morgan fingerprint density at radius 3 is 2.71 bits per heavy atom. The molecule has 1 aromatic carbocycles. The van der Waals surface area contributed by atoms with Gasteiger partial charge in [0, 0.05) is 31.7 Å². The Labute approximate surface area is 149 Å². The Balaban J connectivity index is 1.83. The van der Waals surface area contributed by atoms with Gasteiger partial charge < -0.3 is 10.2 Å². The predicted molar refractivity (Wildman–Crippen MR) is 97.0 cm³/mol. The molecule has 0 atom stereocenters. The highest BCUT2D eigenvalue weighted by Gasteiger charge is 2.20. The van der Waals surface area contributed by atoms with Gasteiger partial charge in [-0.3, -0.25) is 5.10 Å². The molecule has 6 nitrogen and oxygen atoms in total. The predicted octanol–water partition coefficient (Wildman–Crippen LogP) is 3.04. The van der Waals surface area contributed by atoms with Crippen LogP contribution in [0, 0.1) is 6.92 Å². The van der Waals surface area contributed by atoms with Crippen molar-refractivity contribution in [1.29, 1.82) is 0 Å². The van der Waals surface area contributed by atoms with Crippen molar-refractivity contribution in [2.24, 2.45) is 0 Å². The van der Waals surface area contributed by atoms with Crippen LogP contribution in [0.3, 0.4) is 0 Å². The molecule has 0 bridgehead atoms. The molecule has 0 unspecified atom stereocenters. The molecule has 4 rings (SSSR count). The van der Waals surface area contributed by atoms with Crippen LogP contribution in [0.2, 0.25) is 10.0 Å². The van der Waals surface area contributed by atoms with Gasteiger partial charge >= 0.3 is 0 Å². The summed E-state index contributed by atoms with van der Waals surface area (Å²) < 4.78 is 0. The number of piperazine rings is 1. The van der Waals surface area contributed by atoms with Crippen LogP contribution in [0.1, 0.15) is 5.69 Å². The Morgan fingerprint density at radius 1 is 1.12 bits per heavy atom. The monoisotopic (exact) mass is 362 g/mol. The van der Waals surface area contributed by atoms with Crippen molar-refractivity contribution in [3.8, 4) is 11.3 Å². The van der Waals surface area contributed by atoms with E-state index >= 15 is 0 Å². The molecule has 2 aromatic heterocycles. The first kappa shape index (κ1) is 15.6. The molecule has 2 N–H and O–H groups in total. The van der Waals surface area contributed by atoms with E-state index in [2.05, 4.69) is 20.4 Å².